The van der Waals surface area contributed by atoms with E-state index < -0.39 is 0 Å². The molecule has 0 N–H and O–H groups in total. The number of carbonyl (C=O) groups is 1. The number of ether oxygens (including phenoxy) is 1. The number of thiophene rings is 1. The van der Waals surface area contributed by atoms with Crippen LogP contribution < -0.4 is 4.74 Å². The first-order chi connectivity index (χ1) is 12.8. The van der Waals surface area contributed by atoms with Crippen molar-refractivity contribution in [3.05, 3.63) is 90.0 Å². The molecule has 3 aromatic carbocycles. The SMILES string of the molecule is CCOc1ccc2c(C(=O)c3ccccc3)c(-c3ccccc3)sc2c1. The van der Waals surface area contributed by atoms with E-state index in [0.29, 0.717) is 12.2 Å². The van der Waals surface area contributed by atoms with Crippen molar-refractivity contribution in [2.75, 3.05) is 6.61 Å². The smallest absolute Gasteiger partial charge is 0.195 e. The Kier molecular flexibility index (Phi) is 4.55. The van der Waals surface area contributed by atoms with Gasteiger partial charge in [0.05, 0.1) is 6.61 Å². The van der Waals surface area contributed by atoms with Crippen LogP contribution in [-0.2, 0) is 0 Å². The van der Waals surface area contributed by atoms with Crippen LogP contribution in [0, 0.1) is 0 Å². The zero-order chi connectivity index (χ0) is 17.9. The number of ketones is 1. The molecule has 0 aliphatic carbocycles. The van der Waals surface area contributed by atoms with Crippen LogP contribution in [0.4, 0.5) is 0 Å². The van der Waals surface area contributed by atoms with Crippen LogP contribution in [0.15, 0.2) is 78.9 Å². The van der Waals surface area contributed by atoms with Gasteiger partial charge in [-0.1, -0.05) is 60.7 Å². The van der Waals surface area contributed by atoms with Gasteiger partial charge in [-0.05, 0) is 30.7 Å². The van der Waals surface area contributed by atoms with Gasteiger partial charge in [0.15, 0.2) is 5.78 Å². The molecule has 0 amide bonds. The summed E-state index contributed by atoms with van der Waals surface area (Å²) in [5, 5.41) is 0.978. The monoisotopic (exact) mass is 358 g/mol. The quantitative estimate of drug-likeness (QED) is 0.397. The minimum atomic E-state index is 0.0554. The summed E-state index contributed by atoms with van der Waals surface area (Å²) in [6.07, 6.45) is 0. The van der Waals surface area contributed by atoms with E-state index in [1.54, 1.807) is 11.3 Å². The first kappa shape index (κ1) is 16.6. The number of carbonyl (C=O) groups excluding carboxylic acids is 1. The highest BCUT2D eigenvalue weighted by atomic mass is 32.1. The van der Waals surface area contributed by atoms with Crippen molar-refractivity contribution in [1.29, 1.82) is 0 Å². The molecule has 4 rings (SSSR count). The average Bonchev–Trinajstić information content (AvgIpc) is 3.08. The van der Waals surface area contributed by atoms with Gasteiger partial charge in [0.2, 0.25) is 0 Å². The molecule has 0 aliphatic heterocycles. The molecule has 0 spiro atoms. The van der Waals surface area contributed by atoms with Gasteiger partial charge >= 0.3 is 0 Å². The van der Waals surface area contributed by atoms with Crippen molar-refractivity contribution < 1.29 is 9.53 Å². The summed E-state index contributed by atoms with van der Waals surface area (Å²) in [4.78, 5) is 14.3. The summed E-state index contributed by atoms with van der Waals surface area (Å²) in [5.74, 6) is 0.888. The highest BCUT2D eigenvalue weighted by Crippen LogP contribution is 2.41. The molecule has 0 saturated carbocycles. The Bertz CT molecular complexity index is 1050. The predicted molar refractivity (Wildman–Crippen MR) is 108 cm³/mol. The average molecular weight is 358 g/mol. The van der Waals surface area contributed by atoms with Crippen LogP contribution in [0.2, 0.25) is 0 Å². The maximum atomic E-state index is 13.3. The van der Waals surface area contributed by atoms with Crippen molar-refractivity contribution in [3.8, 4) is 16.2 Å². The lowest BCUT2D eigenvalue weighted by Gasteiger charge is -2.05. The molecule has 0 atom stereocenters. The summed E-state index contributed by atoms with van der Waals surface area (Å²) in [6, 6.07) is 25.5. The second kappa shape index (κ2) is 7.14. The van der Waals surface area contributed by atoms with Gasteiger partial charge in [0, 0.05) is 26.1 Å². The maximum Gasteiger partial charge on any atom is 0.195 e. The number of benzene rings is 3. The molecule has 0 saturated heterocycles. The Morgan fingerprint density at radius 1 is 0.923 bits per heavy atom. The van der Waals surface area contributed by atoms with E-state index in [4.69, 9.17) is 4.74 Å². The van der Waals surface area contributed by atoms with Crippen molar-refractivity contribution in [2.45, 2.75) is 6.92 Å². The standard InChI is InChI=1S/C23H18O2S/c1-2-25-18-13-14-19-20(15-18)26-23(17-11-7-4-8-12-17)21(19)22(24)16-9-5-3-6-10-16/h3-15H,2H2,1H3. The molecule has 26 heavy (non-hydrogen) atoms. The third-order valence-electron chi connectivity index (χ3n) is 4.27. The number of hydrogen-bond donors (Lipinski definition) is 0. The number of hydrogen-bond acceptors (Lipinski definition) is 3. The Morgan fingerprint density at radius 2 is 1.62 bits per heavy atom. The van der Waals surface area contributed by atoms with Crippen molar-refractivity contribution in [3.63, 3.8) is 0 Å². The van der Waals surface area contributed by atoms with Crippen LogP contribution in [0.25, 0.3) is 20.5 Å². The Labute approximate surface area is 156 Å². The van der Waals surface area contributed by atoms with E-state index in [0.717, 1.165) is 31.8 Å². The zero-order valence-electron chi connectivity index (χ0n) is 14.4. The van der Waals surface area contributed by atoms with E-state index in [1.165, 1.54) is 0 Å². The molecule has 1 heterocycles. The molecule has 1 aromatic heterocycles. The summed E-state index contributed by atoms with van der Waals surface area (Å²) in [6.45, 7) is 2.59. The lowest BCUT2D eigenvalue weighted by atomic mass is 9.97. The van der Waals surface area contributed by atoms with Crippen LogP contribution in [0.5, 0.6) is 5.75 Å². The van der Waals surface area contributed by atoms with E-state index in [9.17, 15) is 4.79 Å². The topological polar surface area (TPSA) is 26.3 Å². The second-order valence-electron chi connectivity index (χ2n) is 5.96. The molecular weight excluding hydrogens is 340 g/mol. The highest BCUT2D eigenvalue weighted by molar-refractivity contribution is 7.22. The fraction of sp³-hybridized carbons (Fsp3) is 0.0870. The van der Waals surface area contributed by atoms with Crippen molar-refractivity contribution in [2.24, 2.45) is 0 Å². The fourth-order valence-corrected chi connectivity index (χ4v) is 4.32. The third-order valence-corrected chi connectivity index (χ3v) is 5.47. The third kappa shape index (κ3) is 3.02. The van der Waals surface area contributed by atoms with E-state index in [-0.39, 0.29) is 5.78 Å². The molecule has 128 valence electrons. The van der Waals surface area contributed by atoms with Crippen LogP contribution >= 0.6 is 11.3 Å². The van der Waals surface area contributed by atoms with Crippen LogP contribution in [0.1, 0.15) is 22.8 Å². The largest absolute Gasteiger partial charge is 0.494 e. The first-order valence-electron chi connectivity index (χ1n) is 8.62. The Hall–Kier alpha value is -2.91. The van der Waals surface area contributed by atoms with Gasteiger partial charge < -0.3 is 4.74 Å². The number of rotatable bonds is 5. The summed E-state index contributed by atoms with van der Waals surface area (Å²) < 4.78 is 6.70. The lowest BCUT2D eigenvalue weighted by molar-refractivity contribution is 0.104. The first-order valence-corrected chi connectivity index (χ1v) is 9.44. The van der Waals surface area contributed by atoms with E-state index in [2.05, 4.69) is 12.1 Å². The Morgan fingerprint density at radius 3 is 2.31 bits per heavy atom. The molecule has 0 fully saturated rings. The molecule has 0 aliphatic rings. The molecule has 0 unspecified atom stereocenters. The summed E-state index contributed by atoms with van der Waals surface area (Å²) in [7, 11) is 0. The van der Waals surface area contributed by atoms with E-state index >= 15 is 0 Å². The van der Waals surface area contributed by atoms with Crippen molar-refractivity contribution in [1.82, 2.24) is 0 Å². The fourth-order valence-electron chi connectivity index (χ4n) is 3.09. The predicted octanol–water partition coefficient (Wildman–Crippen LogP) is 6.20. The lowest BCUT2D eigenvalue weighted by Crippen LogP contribution is -2.01. The van der Waals surface area contributed by atoms with Gasteiger partial charge in [0.25, 0.3) is 0 Å². The minimum Gasteiger partial charge on any atom is -0.494 e. The van der Waals surface area contributed by atoms with Gasteiger partial charge in [-0.15, -0.1) is 11.3 Å². The second-order valence-corrected chi connectivity index (χ2v) is 7.01. The minimum absolute atomic E-state index is 0.0554. The molecule has 2 nitrogen and oxygen atoms in total. The molecule has 0 radical (unpaired) electrons. The maximum absolute atomic E-state index is 13.3. The molecule has 0 bridgehead atoms. The van der Waals surface area contributed by atoms with Gasteiger partial charge in [0.1, 0.15) is 5.75 Å². The van der Waals surface area contributed by atoms with E-state index in [1.807, 2.05) is 73.7 Å². The van der Waals surface area contributed by atoms with Gasteiger partial charge in [-0.3, -0.25) is 4.79 Å². The Balaban J connectivity index is 1.95. The molecule has 4 aromatic rings. The van der Waals surface area contributed by atoms with Crippen molar-refractivity contribution >= 4 is 27.2 Å². The van der Waals surface area contributed by atoms with Gasteiger partial charge in [-0.2, -0.15) is 0 Å². The molecule has 3 heteroatoms. The van der Waals surface area contributed by atoms with Crippen LogP contribution in [-0.4, -0.2) is 12.4 Å². The molecular formula is C23H18O2S. The summed E-state index contributed by atoms with van der Waals surface area (Å²) >= 11 is 1.64. The number of fused-ring (bicyclic) bond motifs is 1. The van der Waals surface area contributed by atoms with Crippen LogP contribution in [0.3, 0.4) is 0 Å². The highest BCUT2D eigenvalue weighted by Gasteiger charge is 2.21. The normalized spacial score (nSPS) is 10.8. The van der Waals surface area contributed by atoms with Gasteiger partial charge in [-0.25, -0.2) is 0 Å². The zero-order valence-corrected chi connectivity index (χ0v) is 15.3. The summed E-state index contributed by atoms with van der Waals surface area (Å²) in [5.41, 5.74) is 2.54.